The van der Waals surface area contributed by atoms with Crippen LogP contribution in [0.1, 0.15) is 85.3 Å². The van der Waals surface area contributed by atoms with Crippen LogP contribution < -0.4 is 10.6 Å². The zero-order valence-electron chi connectivity index (χ0n) is 22.9. The molecule has 0 aliphatic carbocycles. The molecular formula is C27H45N3O5S. The average Bonchev–Trinajstić information content (AvgIpc) is 2.81. The highest BCUT2D eigenvalue weighted by Gasteiger charge is 2.39. The smallest absolute Gasteiger partial charge is 0.408 e. The van der Waals surface area contributed by atoms with E-state index in [9.17, 15) is 19.5 Å². The van der Waals surface area contributed by atoms with Crippen molar-refractivity contribution in [2.75, 3.05) is 18.6 Å². The lowest BCUT2D eigenvalue weighted by atomic mass is 9.98. The van der Waals surface area contributed by atoms with Gasteiger partial charge < -0.3 is 25.4 Å². The number of amides is 3. The fourth-order valence-corrected chi connectivity index (χ4v) is 4.21. The molecule has 0 bridgehead atoms. The molecule has 0 aromatic heterocycles. The van der Waals surface area contributed by atoms with Crippen molar-refractivity contribution in [3.63, 3.8) is 0 Å². The Hall–Kier alpha value is -2.42. The van der Waals surface area contributed by atoms with Crippen molar-refractivity contribution in [3.8, 4) is 5.75 Å². The van der Waals surface area contributed by atoms with Crippen molar-refractivity contribution in [2.45, 2.75) is 97.4 Å². The second-order valence-electron chi connectivity index (χ2n) is 9.94. The summed E-state index contributed by atoms with van der Waals surface area (Å²) in [5.74, 6) is -0.179. The lowest BCUT2D eigenvalue weighted by Gasteiger charge is -2.38. The summed E-state index contributed by atoms with van der Waals surface area (Å²) in [6.07, 6.45) is 5.02. The van der Waals surface area contributed by atoms with Gasteiger partial charge in [0.25, 0.3) is 0 Å². The van der Waals surface area contributed by atoms with Gasteiger partial charge in [0.2, 0.25) is 11.8 Å². The van der Waals surface area contributed by atoms with Crippen LogP contribution >= 0.6 is 11.8 Å². The highest BCUT2D eigenvalue weighted by molar-refractivity contribution is 7.98. The molecule has 0 spiro atoms. The van der Waals surface area contributed by atoms with E-state index in [0.717, 1.165) is 19.3 Å². The standard InChI is InChI=1S/C27H45N3O5S/c1-8-10-13-17-28-24(32)23(20-14-11-12-15-22(20)31)30(19(3)9-2)25(33)21(16-18-36-7)29-26(34)35-27(4,5)6/h11-12,14-15,19,21,23,31H,8-10,13,16-18H2,1-7H3,(H,28,32)(H,29,34). The van der Waals surface area contributed by atoms with Crippen molar-refractivity contribution in [1.29, 1.82) is 0 Å². The third-order valence-electron chi connectivity index (χ3n) is 5.76. The lowest BCUT2D eigenvalue weighted by Crippen LogP contribution is -2.55. The van der Waals surface area contributed by atoms with Crippen LogP contribution in [0.15, 0.2) is 24.3 Å². The second-order valence-corrected chi connectivity index (χ2v) is 10.9. The van der Waals surface area contributed by atoms with E-state index in [4.69, 9.17) is 4.74 Å². The largest absolute Gasteiger partial charge is 0.508 e. The summed E-state index contributed by atoms with van der Waals surface area (Å²) in [4.78, 5) is 41.7. The molecule has 8 nitrogen and oxygen atoms in total. The van der Waals surface area contributed by atoms with Gasteiger partial charge in [0.15, 0.2) is 0 Å². The zero-order chi connectivity index (χ0) is 27.3. The first-order chi connectivity index (χ1) is 17.0. The Bertz CT molecular complexity index is 843. The third kappa shape index (κ3) is 10.3. The summed E-state index contributed by atoms with van der Waals surface area (Å²) in [6.45, 7) is 11.6. The lowest BCUT2D eigenvalue weighted by molar-refractivity contribution is -0.145. The van der Waals surface area contributed by atoms with Gasteiger partial charge in [-0.1, -0.05) is 44.9 Å². The van der Waals surface area contributed by atoms with Crippen LogP contribution in [0.25, 0.3) is 0 Å². The highest BCUT2D eigenvalue weighted by Crippen LogP contribution is 2.32. The minimum Gasteiger partial charge on any atom is -0.508 e. The number of alkyl carbamates (subject to hydrolysis) is 1. The summed E-state index contributed by atoms with van der Waals surface area (Å²) in [5, 5.41) is 16.3. The van der Waals surface area contributed by atoms with Crippen molar-refractivity contribution < 1.29 is 24.2 Å². The van der Waals surface area contributed by atoms with Crippen molar-refractivity contribution >= 4 is 29.7 Å². The zero-order valence-corrected chi connectivity index (χ0v) is 23.7. The summed E-state index contributed by atoms with van der Waals surface area (Å²) in [7, 11) is 0. The number of phenolic OH excluding ortho intramolecular Hbond substituents is 1. The summed E-state index contributed by atoms with van der Waals surface area (Å²) >= 11 is 1.56. The number of rotatable bonds is 14. The maximum atomic E-state index is 14.0. The van der Waals surface area contributed by atoms with Crippen LogP contribution in [-0.4, -0.2) is 64.2 Å². The number of ether oxygens (including phenoxy) is 1. The van der Waals surface area contributed by atoms with Crippen LogP contribution in [0.5, 0.6) is 5.75 Å². The van der Waals surface area contributed by atoms with E-state index in [1.54, 1.807) is 50.7 Å². The first kappa shape index (κ1) is 31.6. The quantitative estimate of drug-likeness (QED) is 0.296. The molecular weight excluding hydrogens is 478 g/mol. The molecule has 3 amide bonds. The van der Waals surface area contributed by atoms with E-state index < -0.39 is 23.8 Å². The van der Waals surface area contributed by atoms with Gasteiger partial charge in [-0.2, -0.15) is 11.8 Å². The van der Waals surface area contributed by atoms with Gasteiger partial charge in [0, 0.05) is 18.2 Å². The highest BCUT2D eigenvalue weighted by atomic mass is 32.2. The Kier molecular flexibility index (Phi) is 13.7. The monoisotopic (exact) mass is 523 g/mol. The van der Waals surface area contributed by atoms with Gasteiger partial charge in [-0.15, -0.1) is 0 Å². The number of carbonyl (C=O) groups excluding carboxylic acids is 3. The predicted molar refractivity (Wildman–Crippen MR) is 146 cm³/mol. The Morgan fingerprint density at radius 3 is 2.36 bits per heavy atom. The van der Waals surface area contributed by atoms with E-state index in [-0.39, 0.29) is 23.6 Å². The average molecular weight is 524 g/mol. The molecule has 3 atom stereocenters. The normalized spacial score (nSPS) is 13.9. The molecule has 0 heterocycles. The van der Waals surface area contributed by atoms with E-state index in [1.165, 1.54) is 11.0 Å². The van der Waals surface area contributed by atoms with Crippen molar-refractivity contribution in [3.05, 3.63) is 29.8 Å². The Balaban J connectivity index is 3.44. The van der Waals surface area contributed by atoms with Crippen LogP contribution in [0, 0.1) is 0 Å². The molecule has 3 unspecified atom stereocenters. The van der Waals surface area contributed by atoms with Crippen molar-refractivity contribution in [2.24, 2.45) is 0 Å². The molecule has 9 heteroatoms. The molecule has 1 aromatic rings. The first-order valence-corrected chi connectivity index (χ1v) is 14.2. The van der Waals surface area contributed by atoms with Crippen LogP contribution in [0.2, 0.25) is 0 Å². The first-order valence-electron chi connectivity index (χ1n) is 12.8. The van der Waals surface area contributed by atoms with Gasteiger partial charge >= 0.3 is 6.09 Å². The molecule has 36 heavy (non-hydrogen) atoms. The number of thioether (sulfide) groups is 1. The Labute approximate surface area is 220 Å². The van der Waals surface area contributed by atoms with Gasteiger partial charge in [0.05, 0.1) is 0 Å². The number of unbranched alkanes of at least 4 members (excludes halogenated alkanes) is 2. The van der Waals surface area contributed by atoms with Gasteiger partial charge in [0.1, 0.15) is 23.4 Å². The maximum absolute atomic E-state index is 14.0. The molecule has 0 aliphatic rings. The van der Waals surface area contributed by atoms with E-state index in [1.807, 2.05) is 20.1 Å². The van der Waals surface area contributed by atoms with Gasteiger partial charge in [-0.3, -0.25) is 9.59 Å². The number of nitrogens with one attached hydrogen (secondary N) is 2. The molecule has 0 saturated heterocycles. The number of hydrogen-bond acceptors (Lipinski definition) is 6. The SMILES string of the molecule is CCCCCNC(=O)C(c1ccccc1O)N(C(=O)C(CCSC)NC(=O)OC(C)(C)C)C(C)CC. The fourth-order valence-electron chi connectivity index (χ4n) is 3.74. The maximum Gasteiger partial charge on any atom is 0.408 e. The number of aromatic hydroxyl groups is 1. The second kappa shape index (κ2) is 15.6. The summed E-state index contributed by atoms with van der Waals surface area (Å²) < 4.78 is 5.41. The molecule has 204 valence electrons. The minimum absolute atomic E-state index is 0.0620. The molecule has 0 saturated carbocycles. The minimum atomic E-state index is -1.05. The number of hydrogen-bond donors (Lipinski definition) is 3. The third-order valence-corrected chi connectivity index (χ3v) is 6.40. The molecule has 0 aliphatic heterocycles. The van der Waals surface area contributed by atoms with E-state index in [2.05, 4.69) is 17.6 Å². The molecule has 0 fully saturated rings. The van der Waals surface area contributed by atoms with Crippen LogP contribution in [0.4, 0.5) is 4.79 Å². The Morgan fingerprint density at radius 2 is 1.81 bits per heavy atom. The number of benzene rings is 1. The van der Waals surface area contributed by atoms with Gasteiger partial charge in [-0.25, -0.2) is 4.79 Å². The number of phenols is 1. The summed E-state index contributed by atoms with van der Waals surface area (Å²) in [6, 6.07) is 4.31. The van der Waals surface area contributed by atoms with Crippen molar-refractivity contribution in [1.82, 2.24) is 15.5 Å². The van der Waals surface area contributed by atoms with E-state index in [0.29, 0.717) is 30.7 Å². The van der Waals surface area contributed by atoms with Crippen LogP contribution in [0.3, 0.4) is 0 Å². The molecule has 0 radical (unpaired) electrons. The Morgan fingerprint density at radius 1 is 1.14 bits per heavy atom. The fraction of sp³-hybridized carbons (Fsp3) is 0.667. The topological polar surface area (TPSA) is 108 Å². The van der Waals surface area contributed by atoms with E-state index >= 15 is 0 Å². The van der Waals surface area contributed by atoms with Crippen LogP contribution in [-0.2, 0) is 14.3 Å². The summed E-state index contributed by atoms with van der Waals surface area (Å²) in [5.41, 5.74) is -0.371. The molecule has 1 aromatic carbocycles. The number of para-hydroxylation sites is 1. The number of carbonyl (C=O) groups is 3. The predicted octanol–water partition coefficient (Wildman–Crippen LogP) is 5.01. The molecule has 1 rings (SSSR count). The number of nitrogens with zero attached hydrogens (tertiary/aromatic N) is 1. The van der Waals surface area contributed by atoms with Gasteiger partial charge in [-0.05, 0) is 65.0 Å². The molecule has 3 N–H and O–H groups in total.